The minimum absolute atomic E-state index is 0.0508. The zero-order chi connectivity index (χ0) is 15.6. The normalized spacial score (nSPS) is 17.4. The van der Waals surface area contributed by atoms with Crippen molar-refractivity contribution < 1.29 is 13.9 Å². The van der Waals surface area contributed by atoms with Gasteiger partial charge in [-0.3, -0.25) is 4.79 Å². The zero-order valence-corrected chi connectivity index (χ0v) is 13.6. The van der Waals surface area contributed by atoms with E-state index in [-0.39, 0.29) is 23.2 Å². The van der Waals surface area contributed by atoms with Crippen LogP contribution in [0.1, 0.15) is 43.4 Å². The van der Waals surface area contributed by atoms with Gasteiger partial charge < -0.3 is 10.5 Å². The summed E-state index contributed by atoms with van der Waals surface area (Å²) in [5.41, 5.74) is 7.44. The molecule has 1 atom stereocenters. The molecule has 0 heterocycles. The molecule has 0 aliphatic heterocycles. The summed E-state index contributed by atoms with van der Waals surface area (Å²) in [6.45, 7) is 3.61. The molecule has 1 aromatic rings. The number of carbonyl (C=O) groups excluding carboxylic acids is 1. The van der Waals surface area contributed by atoms with Crippen molar-refractivity contribution >= 4 is 17.7 Å². The number of methoxy groups -OCH3 is 1. The molecule has 1 aliphatic carbocycles. The first-order chi connectivity index (χ1) is 9.87. The Morgan fingerprint density at radius 2 is 2.19 bits per heavy atom. The van der Waals surface area contributed by atoms with Gasteiger partial charge in [-0.2, -0.15) is 0 Å². The maximum absolute atomic E-state index is 13.7. The van der Waals surface area contributed by atoms with E-state index >= 15 is 0 Å². The number of hydrogen-bond donors (Lipinski definition) is 1. The third-order valence-corrected chi connectivity index (χ3v) is 5.44. The predicted molar refractivity (Wildman–Crippen MR) is 82.8 cm³/mol. The topological polar surface area (TPSA) is 52.3 Å². The number of thioether (sulfide) groups is 1. The third kappa shape index (κ3) is 3.98. The van der Waals surface area contributed by atoms with E-state index in [2.05, 4.69) is 0 Å². The van der Waals surface area contributed by atoms with Crippen molar-refractivity contribution in [1.82, 2.24) is 0 Å². The predicted octanol–water partition coefficient (Wildman–Crippen LogP) is 3.59. The van der Waals surface area contributed by atoms with E-state index in [0.717, 1.165) is 29.1 Å². The molecular weight excluding hydrogens is 289 g/mol. The van der Waals surface area contributed by atoms with Gasteiger partial charge in [-0.05, 0) is 55.4 Å². The summed E-state index contributed by atoms with van der Waals surface area (Å²) >= 11 is 1.67. The van der Waals surface area contributed by atoms with Crippen molar-refractivity contribution in [2.45, 2.75) is 44.0 Å². The van der Waals surface area contributed by atoms with E-state index in [4.69, 9.17) is 10.5 Å². The van der Waals surface area contributed by atoms with Crippen LogP contribution in [0.3, 0.4) is 0 Å². The Balaban J connectivity index is 2.09. The molecule has 2 N–H and O–H groups in total. The SMILES string of the molecule is COC(=O)CC1(CSc2cc(C)c(F)cc2[C@@H](C)N)CC1. The van der Waals surface area contributed by atoms with Crippen molar-refractivity contribution in [2.24, 2.45) is 11.1 Å². The highest BCUT2D eigenvalue weighted by Gasteiger charge is 2.44. The molecule has 0 radical (unpaired) electrons. The molecule has 116 valence electrons. The zero-order valence-electron chi connectivity index (χ0n) is 12.7. The smallest absolute Gasteiger partial charge is 0.306 e. The number of nitrogens with two attached hydrogens (primary N) is 1. The summed E-state index contributed by atoms with van der Waals surface area (Å²) in [7, 11) is 1.42. The van der Waals surface area contributed by atoms with Crippen LogP contribution in [0.4, 0.5) is 4.39 Å². The van der Waals surface area contributed by atoms with Crippen molar-refractivity contribution in [3.05, 3.63) is 29.1 Å². The maximum Gasteiger partial charge on any atom is 0.306 e. The average Bonchev–Trinajstić information content (AvgIpc) is 3.19. The largest absolute Gasteiger partial charge is 0.469 e. The number of rotatable bonds is 6. The van der Waals surface area contributed by atoms with E-state index in [1.165, 1.54) is 13.2 Å². The highest BCUT2D eigenvalue weighted by Crippen LogP contribution is 2.52. The highest BCUT2D eigenvalue weighted by atomic mass is 32.2. The lowest BCUT2D eigenvalue weighted by molar-refractivity contribution is -0.141. The summed E-state index contributed by atoms with van der Waals surface area (Å²) in [6.07, 6.45) is 2.55. The van der Waals surface area contributed by atoms with Crippen LogP contribution in [0.25, 0.3) is 0 Å². The van der Waals surface area contributed by atoms with Gasteiger partial charge in [0.05, 0.1) is 13.5 Å². The van der Waals surface area contributed by atoms with Crippen LogP contribution >= 0.6 is 11.8 Å². The van der Waals surface area contributed by atoms with E-state index in [1.807, 2.05) is 13.0 Å². The van der Waals surface area contributed by atoms with Gasteiger partial charge in [0.2, 0.25) is 0 Å². The van der Waals surface area contributed by atoms with E-state index in [1.54, 1.807) is 18.7 Å². The van der Waals surface area contributed by atoms with Crippen molar-refractivity contribution in [3.63, 3.8) is 0 Å². The molecule has 0 amide bonds. The molecule has 1 fully saturated rings. The Morgan fingerprint density at radius 3 is 2.71 bits per heavy atom. The minimum atomic E-state index is -0.220. The number of hydrogen-bond acceptors (Lipinski definition) is 4. The van der Waals surface area contributed by atoms with E-state index in [0.29, 0.717) is 12.0 Å². The fourth-order valence-electron chi connectivity index (χ4n) is 2.31. The van der Waals surface area contributed by atoms with Crippen LogP contribution in [0.15, 0.2) is 17.0 Å². The van der Waals surface area contributed by atoms with Crippen LogP contribution in [-0.4, -0.2) is 18.8 Å². The quantitative estimate of drug-likeness (QED) is 0.644. The van der Waals surface area contributed by atoms with Gasteiger partial charge in [0, 0.05) is 16.7 Å². The van der Waals surface area contributed by atoms with Crippen LogP contribution in [0.2, 0.25) is 0 Å². The Morgan fingerprint density at radius 1 is 1.52 bits per heavy atom. The maximum atomic E-state index is 13.7. The Bertz CT molecular complexity index is 541. The lowest BCUT2D eigenvalue weighted by Crippen LogP contribution is -2.14. The molecule has 0 spiro atoms. The molecule has 0 saturated heterocycles. The Hall–Kier alpha value is -1.07. The van der Waals surface area contributed by atoms with Gasteiger partial charge in [-0.1, -0.05) is 0 Å². The molecule has 1 saturated carbocycles. The van der Waals surface area contributed by atoms with Crippen LogP contribution in [-0.2, 0) is 9.53 Å². The Kier molecular flexibility index (Phi) is 4.94. The minimum Gasteiger partial charge on any atom is -0.469 e. The summed E-state index contributed by atoms with van der Waals surface area (Å²) < 4.78 is 18.5. The van der Waals surface area contributed by atoms with E-state index in [9.17, 15) is 9.18 Å². The van der Waals surface area contributed by atoms with Gasteiger partial charge in [-0.15, -0.1) is 11.8 Å². The van der Waals surface area contributed by atoms with Gasteiger partial charge in [0.15, 0.2) is 0 Å². The molecule has 0 aromatic heterocycles. The number of carbonyl (C=O) groups is 1. The molecule has 1 aliphatic rings. The van der Waals surface area contributed by atoms with Gasteiger partial charge in [-0.25, -0.2) is 4.39 Å². The first-order valence-corrected chi connectivity index (χ1v) is 8.11. The molecule has 0 bridgehead atoms. The molecule has 5 heteroatoms. The van der Waals surface area contributed by atoms with Crippen molar-refractivity contribution in [2.75, 3.05) is 12.9 Å². The monoisotopic (exact) mass is 311 g/mol. The first kappa shape index (κ1) is 16.3. The fraction of sp³-hybridized carbons (Fsp3) is 0.562. The number of halogens is 1. The summed E-state index contributed by atoms with van der Waals surface area (Å²) in [6, 6.07) is 3.17. The van der Waals surface area contributed by atoms with Gasteiger partial charge >= 0.3 is 5.97 Å². The second-order valence-electron chi connectivity index (χ2n) is 5.97. The summed E-state index contributed by atoms with van der Waals surface area (Å²) in [5, 5.41) is 0. The summed E-state index contributed by atoms with van der Waals surface area (Å²) in [4.78, 5) is 12.5. The molecule has 21 heavy (non-hydrogen) atoms. The van der Waals surface area contributed by atoms with Crippen LogP contribution in [0, 0.1) is 18.2 Å². The first-order valence-electron chi connectivity index (χ1n) is 7.12. The van der Waals surface area contributed by atoms with Crippen molar-refractivity contribution in [1.29, 1.82) is 0 Å². The third-order valence-electron chi connectivity index (χ3n) is 4.02. The molecule has 0 unspecified atom stereocenters. The van der Waals surface area contributed by atoms with E-state index < -0.39 is 0 Å². The van der Waals surface area contributed by atoms with Crippen molar-refractivity contribution in [3.8, 4) is 0 Å². The summed E-state index contributed by atoms with van der Waals surface area (Å²) in [5.74, 6) is 0.463. The number of benzene rings is 1. The molecule has 1 aromatic carbocycles. The molecule has 2 rings (SSSR count). The van der Waals surface area contributed by atoms with Crippen LogP contribution < -0.4 is 5.73 Å². The number of ether oxygens (including phenoxy) is 1. The van der Waals surface area contributed by atoms with Gasteiger partial charge in [0.1, 0.15) is 5.82 Å². The fourth-order valence-corrected chi connectivity index (χ4v) is 3.83. The highest BCUT2D eigenvalue weighted by molar-refractivity contribution is 7.99. The lowest BCUT2D eigenvalue weighted by Gasteiger charge is -2.17. The molecular formula is C16H22FNO2S. The number of esters is 1. The lowest BCUT2D eigenvalue weighted by atomic mass is 10.1. The molecule has 3 nitrogen and oxygen atoms in total. The second kappa shape index (κ2) is 6.36. The second-order valence-corrected chi connectivity index (χ2v) is 6.99. The Labute approximate surface area is 129 Å². The average molecular weight is 311 g/mol. The van der Waals surface area contributed by atoms with Crippen LogP contribution in [0.5, 0.6) is 0 Å². The standard InChI is InChI=1S/C16H22FNO2S/c1-10-6-14(12(11(2)18)7-13(10)17)21-9-16(4-5-16)8-15(19)20-3/h6-7,11H,4-5,8-9,18H2,1-3H3/t11-/m1/s1. The number of aryl methyl sites for hydroxylation is 1. The van der Waals surface area contributed by atoms with Gasteiger partial charge in [0.25, 0.3) is 0 Å².